The molecule has 1 aliphatic rings. The Morgan fingerprint density at radius 3 is 2.75 bits per heavy atom. The van der Waals surface area contributed by atoms with E-state index < -0.39 is 0 Å². The zero-order valence-corrected chi connectivity index (χ0v) is 10.4. The van der Waals surface area contributed by atoms with E-state index in [1.165, 1.54) is 11.1 Å². The number of nitrogens with two attached hydrogens (primary N) is 1. The maximum Gasteiger partial charge on any atom is 0.237 e. The summed E-state index contributed by atoms with van der Waals surface area (Å²) in [6.45, 7) is 4.69. The zero-order valence-electron chi connectivity index (χ0n) is 9.54. The lowest BCUT2D eigenvalue weighted by atomic mass is 10.1. The van der Waals surface area contributed by atoms with Gasteiger partial charge in [-0.15, -0.1) is 11.8 Å². The number of nitrogens with one attached hydrogen (secondary N) is 1. The van der Waals surface area contributed by atoms with Crippen molar-refractivity contribution in [2.75, 3.05) is 11.9 Å². The number of amides is 1. The predicted molar refractivity (Wildman–Crippen MR) is 67.9 cm³/mol. The minimum absolute atomic E-state index is 0.0420. The van der Waals surface area contributed by atoms with Crippen LogP contribution >= 0.6 is 11.8 Å². The second-order valence-electron chi connectivity index (χ2n) is 4.11. The Balaban J connectivity index is 2.32. The standard InChI is InChI=1S/C12H16N2OS/c1-7-5-9-11(6-8(7)2)16-10(3-4-13)12(15)14-9/h5-6,10H,3-4,13H2,1-2H3,(H,14,15). The van der Waals surface area contributed by atoms with E-state index in [-0.39, 0.29) is 11.2 Å². The highest BCUT2D eigenvalue weighted by Crippen LogP contribution is 2.38. The van der Waals surface area contributed by atoms with E-state index in [4.69, 9.17) is 5.73 Å². The first-order valence-electron chi connectivity index (χ1n) is 5.40. The van der Waals surface area contributed by atoms with Crippen molar-refractivity contribution in [1.82, 2.24) is 0 Å². The molecule has 1 amide bonds. The van der Waals surface area contributed by atoms with Crippen LogP contribution in [0.3, 0.4) is 0 Å². The molecule has 1 unspecified atom stereocenters. The minimum atomic E-state index is -0.0420. The molecule has 0 fully saturated rings. The summed E-state index contributed by atoms with van der Waals surface area (Å²) in [5.41, 5.74) is 8.90. The molecule has 1 aliphatic heterocycles. The monoisotopic (exact) mass is 236 g/mol. The zero-order chi connectivity index (χ0) is 11.7. The third-order valence-electron chi connectivity index (χ3n) is 2.84. The lowest BCUT2D eigenvalue weighted by Crippen LogP contribution is -2.30. The van der Waals surface area contributed by atoms with Gasteiger partial charge >= 0.3 is 0 Å². The number of carbonyl (C=O) groups is 1. The molecule has 1 heterocycles. The quantitative estimate of drug-likeness (QED) is 0.826. The number of aryl methyl sites for hydroxylation is 2. The maximum atomic E-state index is 11.8. The van der Waals surface area contributed by atoms with Crippen LogP contribution in [-0.2, 0) is 4.79 Å². The Hall–Kier alpha value is -1.00. The number of fused-ring (bicyclic) bond motifs is 1. The van der Waals surface area contributed by atoms with Gasteiger partial charge in [-0.25, -0.2) is 0 Å². The van der Waals surface area contributed by atoms with Crippen molar-refractivity contribution in [3.8, 4) is 0 Å². The van der Waals surface area contributed by atoms with Crippen LogP contribution in [0.5, 0.6) is 0 Å². The van der Waals surface area contributed by atoms with Gasteiger partial charge in [-0.2, -0.15) is 0 Å². The fourth-order valence-electron chi connectivity index (χ4n) is 1.75. The number of benzene rings is 1. The Morgan fingerprint density at radius 1 is 1.38 bits per heavy atom. The molecule has 1 aromatic carbocycles. The van der Waals surface area contributed by atoms with Gasteiger partial charge in [0.1, 0.15) is 0 Å². The molecule has 0 aromatic heterocycles. The molecule has 3 nitrogen and oxygen atoms in total. The number of hydrogen-bond donors (Lipinski definition) is 2. The van der Waals surface area contributed by atoms with Crippen LogP contribution < -0.4 is 11.1 Å². The average molecular weight is 236 g/mol. The van der Waals surface area contributed by atoms with Crippen molar-refractivity contribution in [3.05, 3.63) is 23.3 Å². The summed E-state index contributed by atoms with van der Waals surface area (Å²) < 4.78 is 0. The average Bonchev–Trinajstić information content (AvgIpc) is 2.23. The molecule has 0 saturated heterocycles. The van der Waals surface area contributed by atoms with E-state index >= 15 is 0 Å². The van der Waals surface area contributed by atoms with Crippen molar-refractivity contribution in [2.45, 2.75) is 30.4 Å². The van der Waals surface area contributed by atoms with Gasteiger partial charge in [-0.3, -0.25) is 4.79 Å². The van der Waals surface area contributed by atoms with Gasteiger partial charge in [-0.1, -0.05) is 0 Å². The highest BCUT2D eigenvalue weighted by atomic mass is 32.2. The summed E-state index contributed by atoms with van der Waals surface area (Å²) in [4.78, 5) is 12.9. The van der Waals surface area contributed by atoms with Crippen molar-refractivity contribution in [2.24, 2.45) is 5.73 Å². The smallest absolute Gasteiger partial charge is 0.237 e. The first-order chi connectivity index (χ1) is 7.61. The first kappa shape index (κ1) is 11.5. The van der Waals surface area contributed by atoms with Crippen LogP contribution in [0.15, 0.2) is 17.0 Å². The van der Waals surface area contributed by atoms with Gasteiger partial charge in [0.05, 0.1) is 10.9 Å². The fraction of sp³-hybridized carbons (Fsp3) is 0.417. The first-order valence-corrected chi connectivity index (χ1v) is 6.28. The van der Waals surface area contributed by atoms with Gasteiger partial charge in [0.2, 0.25) is 5.91 Å². The Labute approximate surface area is 99.8 Å². The van der Waals surface area contributed by atoms with Crippen LogP contribution in [0.2, 0.25) is 0 Å². The third-order valence-corrected chi connectivity index (χ3v) is 4.17. The Bertz CT molecular complexity index is 431. The molecule has 0 aliphatic carbocycles. The summed E-state index contributed by atoms with van der Waals surface area (Å²) in [6, 6.07) is 4.17. The number of hydrogen-bond acceptors (Lipinski definition) is 3. The highest BCUT2D eigenvalue weighted by Gasteiger charge is 2.26. The van der Waals surface area contributed by atoms with Gasteiger partial charge in [0, 0.05) is 4.90 Å². The molecular formula is C12H16N2OS. The normalized spacial score (nSPS) is 19.2. The predicted octanol–water partition coefficient (Wildman–Crippen LogP) is 2.07. The molecule has 0 bridgehead atoms. The molecule has 1 aromatic rings. The molecule has 86 valence electrons. The van der Waals surface area contributed by atoms with Crippen molar-refractivity contribution < 1.29 is 4.79 Å². The van der Waals surface area contributed by atoms with Gasteiger partial charge in [-0.05, 0) is 50.1 Å². The molecule has 0 spiro atoms. The van der Waals surface area contributed by atoms with Crippen LogP contribution in [0.25, 0.3) is 0 Å². The second kappa shape index (κ2) is 4.47. The fourth-order valence-corrected chi connectivity index (χ4v) is 2.95. The molecule has 1 atom stereocenters. The highest BCUT2D eigenvalue weighted by molar-refractivity contribution is 8.01. The van der Waals surface area contributed by atoms with Gasteiger partial charge in [0.15, 0.2) is 0 Å². The van der Waals surface area contributed by atoms with Gasteiger partial charge in [0.25, 0.3) is 0 Å². The summed E-state index contributed by atoms with van der Waals surface area (Å²) in [5, 5.41) is 2.91. The Kier molecular flexibility index (Phi) is 3.21. The van der Waals surface area contributed by atoms with E-state index in [0.29, 0.717) is 6.54 Å². The van der Waals surface area contributed by atoms with Crippen molar-refractivity contribution in [3.63, 3.8) is 0 Å². The molecule has 4 heteroatoms. The van der Waals surface area contributed by atoms with E-state index in [0.717, 1.165) is 17.0 Å². The number of carbonyl (C=O) groups excluding carboxylic acids is 1. The summed E-state index contributed by atoms with van der Waals surface area (Å²) in [5.74, 6) is 0.0752. The lowest BCUT2D eigenvalue weighted by molar-refractivity contribution is -0.115. The summed E-state index contributed by atoms with van der Waals surface area (Å²) in [7, 11) is 0. The molecule has 0 saturated carbocycles. The van der Waals surface area contributed by atoms with E-state index in [2.05, 4.69) is 25.2 Å². The number of thioether (sulfide) groups is 1. The topological polar surface area (TPSA) is 55.1 Å². The van der Waals surface area contributed by atoms with Crippen LogP contribution in [0, 0.1) is 13.8 Å². The number of anilines is 1. The summed E-state index contributed by atoms with van der Waals surface area (Å²) in [6.07, 6.45) is 0.725. The van der Waals surface area contributed by atoms with Gasteiger partial charge < -0.3 is 11.1 Å². The molecule has 2 rings (SSSR count). The maximum absolute atomic E-state index is 11.8. The van der Waals surface area contributed by atoms with Crippen LogP contribution in [-0.4, -0.2) is 17.7 Å². The molecule has 16 heavy (non-hydrogen) atoms. The summed E-state index contributed by atoms with van der Waals surface area (Å²) >= 11 is 1.62. The second-order valence-corrected chi connectivity index (χ2v) is 5.35. The lowest BCUT2D eigenvalue weighted by Gasteiger charge is -2.24. The largest absolute Gasteiger partial charge is 0.330 e. The van der Waals surface area contributed by atoms with E-state index in [1.807, 2.05) is 6.07 Å². The molecular weight excluding hydrogens is 220 g/mol. The number of rotatable bonds is 2. The van der Waals surface area contributed by atoms with Crippen LogP contribution in [0.1, 0.15) is 17.5 Å². The Morgan fingerprint density at radius 2 is 2.06 bits per heavy atom. The van der Waals surface area contributed by atoms with E-state index in [1.54, 1.807) is 11.8 Å². The van der Waals surface area contributed by atoms with Crippen molar-refractivity contribution in [1.29, 1.82) is 0 Å². The SMILES string of the molecule is Cc1cc2c(cc1C)SC(CCN)C(=O)N2. The molecule has 3 N–H and O–H groups in total. The van der Waals surface area contributed by atoms with E-state index in [9.17, 15) is 4.79 Å². The van der Waals surface area contributed by atoms with Crippen molar-refractivity contribution >= 4 is 23.4 Å². The van der Waals surface area contributed by atoms with Crippen LogP contribution in [0.4, 0.5) is 5.69 Å². The minimum Gasteiger partial charge on any atom is -0.330 e. The third kappa shape index (κ3) is 2.08. The molecule has 0 radical (unpaired) electrons.